The first-order chi connectivity index (χ1) is 11.2. The number of carbonyl (C=O) groups is 1. The number of amides is 1. The van der Waals surface area contributed by atoms with Gasteiger partial charge in [-0.1, -0.05) is 0 Å². The maximum Gasteiger partial charge on any atom is 0.226 e. The zero-order valence-electron chi connectivity index (χ0n) is 13.4. The van der Waals surface area contributed by atoms with E-state index in [0.717, 1.165) is 44.9 Å². The minimum atomic E-state index is 0.163. The van der Waals surface area contributed by atoms with Gasteiger partial charge in [-0.3, -0.25) is 14.4 Å². The number of aryl methyl sites for hydroxylation is 1. The van der Waals surface area contributed by atoms with Gasteiger partial charge in [0.25, 0.3) is 0 Å². The molecule has 0 bridgehead atoms. The molecule has 0 radical (unpaired) electrons. The highest BCUT2D eigenvalue weighted by molar-refractivity contribution is 5.83. The van der Waals surface area contributed by atoms with Crippen LogP contribution in [-0.4, -0.2) is 51.7 Å². The van der Waals surface area contributed by atoms with E-state index in [9.17, 15) is 4.79 Å². The number of aromatic nitrogens is 2. The Bertz CT molecular complexity index is 671. The first kappa shape index (κ1) is 14.5. The van der Waals surface area contributed by atoms with Crippen molar-refractivity contribution in [2.45, 2.75) is 18.9 Å². The Hall–Kier alpha value is -2.08. The van der Waals surface area contributed by atoms with Crippen molar-refractivity contribution in [3.05, 3.63) is 42.1 Å². The summed E-state index contributed by atoms with van der Waals surface area (Å²) in [5.41, 5.74) is 1.20. The van der Waals surface area contributed by atoms with Crippen molar-refractivity contribution < 1.29 is 9.21 Å². The molecular formula is C17H22N4O2. The molecule has 2 unspecified atom stereocenters. The summed E-state index contributed by atoms with van der Waals surface area (Å²) in [6.07, 6.45) is 6.59. The second kappa shape index (κ2) is 5.85. The Labute approximate surface area is 135 Å². The predicted molar refractivity (Wildman–Crippen MR) is 84.6 cm³/mol. The summed E-state index contributed by atoms with van der Waals surface area (Å²) >= 11 is 0. The largest absolute Gasteiger partial charge is 0.468 e. The lowest BCUT2D eigenvalue weighted by molar-refractivity contribution is -0.134. The summed E-state index contributed by atoms with van der Waals surface area (Å²) in [7, 11) is 1.92. The molecule has 1 saturated carbocycles. The maximum atomic E-state index is 12.6. The number of carbonyl (C=O) groups excluding carboxylic acids is 1. The zero-order chi connectivity index (χ0) is 15.8. The lowest BCUT2D eigenvalue weighted by Gasteiger charge is -2.34. The first-order valence-corrected chi connectivity index (χ1v) is 8.23. The zero-order valence-corrected chi connectivity index (χ0v) is 13.4. The van der Waals surface area contributed by atoms with Crippen LogP contribution in [0.4, 0.5) is 0 Å². The number of hydrogen-bond acceptors (Lipinski definition) is 4. The van der Waals surface area contributed by atoms with Gasteiger partial charge in [-0.25, -0.2) is 0 Å². The van der Waals surface area contributed by atoms with Crippen LogP contribution in [0.2, 0.25) is 0 Å². The van der Waals surface area contributed by atoms with E-state index in [1.54, 1.807) is 6.26 Å². The van der Waals surface area contributed by atoms with Crippen molar-refractivity contribution in [1.82, 2.24) is 19.6 Å². The molecule has 6 heteroatoms. The summed E-state index contributed by atoms with van der Waals surface area (Å²) < 4.78 is 7.20. The van der Waals surface area contributed by atoms with Crippen LogP contribution in [0.1, 0.15) is 23.7 Å². The highest BCUT2D eigenvalue weighted by Gasteiger charge is 2.46. The average molecular weight is 314 g/mol. The number of hydrogen-bond donors (Lipinski definition) is 0. The van der Waals surface area contributed by atoms with Crippen LogP contribution in [0.5, 0.6) is 0 Å². The van der Waals surface area contributed by atoms with Gasteiger partial charge in [-0.15, -0.1) is 0 Å². The minimum Gasteiger partial charge on any atom is -0.468 e. The Morgan fingerprint density at radius 2 is 2.17 bits per heavy atom. The van der Waals surface area contributed by atoms with E-state index in [1.807, 2.05) is 41.2 Å². The fraction of sp³-hybridized carbons (Fsp3) is 0.529. The Balaban J connectivity index is 1.28. The molecule has 3 heterocycles. The molecule has 23 heavy (non-hydrogen) atoms. The molecule has 1 aliphatic heterocycles. The highest BCUT2D eigenvalue weighted by atomic mass is 16.3. The standard InChI is InChI=1S/C17H22N4O2/c1-19-11-13(10-18-19)15-9-16(15)17(22)21-6-4-20(5-7-21)12-14-3-2-8-23-14/h2-3,8,10-11,15-16H,4-7,9,12H2,1H3. The molecule has 1 amide bonds. The molecule has 0 N–H and O–H groups in total. The average Bonchev–Trinajstić information content (AvgIpc) is 2.96. The van der Waals surface area contributed by atoms with E-state index in [-0.39, 0.29) is 5.92 Å². The quantitative estimate of drug-likeness (QED) is 0.857. The van der Waals surface area contributed by atoms with Gasteiger partial charge in [-0.05, 0) is 30.0 Å². The molecule has 0 spiro atoms. The predicted octanol–water partition coefficient (Wildman–Crippen LogP) is 1.46. The number of rotatable bonds is 4. The molecule has 4 rings (SSSR count). The molecule has 2 aromatic rings. The van der Waals surface area contributed by atoms with Crippen molar-refractivity contribution in [1.29, 1.82) is 0 Å². The summed E-state index contributed by atoms with van der Waals surface area (Å²) in [6, 6.07) is 3.92. The summed E-state index contributed by atoms with van der Waals surface area (Å²) in [5.74, 6) is 1.84. The second-order valence-corrected chi connectivity index (χ2v) is 6.58. The molecule has 2 fully saturated rings. The first-order valence-electron chi connectivity index (χ1n) is 8.23. The van der Waals surface area contributed by atoms with Gasteiger partial charge in [0, 0.05) is 45.3 Å². The van der Waals surface area contributed by atoms with E-state index in [4.69, 9.17) is 4.42 Å². The fourth-order valence-corrected chi connectivity index (χ4v) is 3.45. The third-order valence-electron chi connectivity index (χ3n) is 4.90. The summed E-state index contributed by atoms with van der Waals surface area (Å²) in [4.78, 5) is 17.0. The Morgan fingerprint density at radius 3 is 2.83 bits per heavy atom. The van der Waals surface area contributed by atoms with Crippen molar-refractivity contribution in [3.63, 3.8) is 0 Å². The second-order valence-electron chi connectivity index (χ2n) is 6.58. The van der Waals surface area contributed by atoms with Crippen LogP contribution in [-0.2, 0) is 18.4 Å². The molecule has 2 aromatic heterocycles. The van der Waals surface area contributed by atoms with Crippen LogP contribution in [0, 0.1) is 5.92 Å². The molecule has 1 saturated heterocycles. The topological polar surface area (TPSA) is 54.5 Å². The van der Waals surface area contributed by atoms with Gasteiger partial charge >= 0.3 is 0 Å². The van der Waals surface area contributed by atoms with E-state index in [1.165, 1.54) is 5.56 Å². The van der Waals surface area contributed by atoms with E-state index < -0.39 is 0 Å². The van der Waals surface area contributed by atoms with Crippen LogP contribution < -0.4 is 0 Å². The lowest BCUT2D eigenvalue weighted by atomic mass is 10.1. The van der Waals surface area contributed by atoms with Crippen molar-refractivity contribution in [2.24, 2.45) is 13.0 Å². The SMILES string of the molecule is Cn1cc(C2CC2C(=O)N2CCN(Cc3ccco3)CC2)cn1. The van der Waals surface area contributed by atoms with Crippen molar-refractivity contribution in [2.75, 3.05) is 26.2 Å². The van der Waals surface area contributed by atoms with E-state index >= 15 is 0 Å². The Kier molecular flexibility index (Phi) is 3.69. The van der Waals surface area contributed by atoms with E-state index in [2.05, 4.69) is 10.00 Å². The van der Waals surface area contributed by atoms with Crippen LogP contribution in [0.25, 0.3) is 0 Å². The lowest BCUT2D eigenvalue weighted by Crippen LogP contribution is -2.48. The van der Waals surface area contributed by atoms with Gasteiger partial charge in [-0.2, -0.15) is 5.10 Å². The molecule has 2 atom stereocenters. The molecule has 1 aliphatic carbocycles. The molecule has 122 valence electrons. The third kappa shape index (κ3) is 3.03. The molecule has 0 aromatic carbocycles. The molecular weight excluding hydrogens is 292 g/mol. The van der Waals surface area contributed by atoms with E-state index in [0.29, 0.717) is 11.8 Å². The highest BCUT2D eigenvalue weighted by Crippen LogP contribution is 2.48. The maximum absolute atomic E-state index is 12.6. The number of piperazine rings is 1. The normalized spacial score (nSPS) is 24.8. The summed E-state index contributed by atoms with van der Waals surface area (Å²) in [5, 5.41) is 4.21. The fourth-order valence-electron chi connectivity index (χ4n) is 3.45. The monoisotopic (exact) mass is 314 g/mol. The van der Waals surface area contributed by atoms with Crippen LogP contribution in [0.3, 0.4) is 0 Å². The minimum absolute atomic E-state index is 0.163. The number of furan rings is 1. The Morgan fingerprint density at radius 1 is 1.35 bits per heavy atom. The van der Waals surface area contributed by atoms with Gasteiger partial charge in [0.1, 0.15) is 5.76 Å². The molecule has 6 nitrogen and oxygen atoms in total. The van der Waals surface area contributed by atoms with Crippen LogP contribution in [0.15, 0.2) is 35.2 Å². The van der Waals surface area contributed by atoms with Gasteiger partial charge in [0.15, 0.2) is 0 Å². The smallest absolute Gasteiger partial charge is 0.226 e. The van der Waals surface area contributed by atoms with Crippen molar-refractivity contribution >= 4 is 5.91 Å². The van der Waals surface area contributed by atoms with Crippen LogP contribution >= 0.6 is 0 Å². The van der Waals surface area contributed by atoms with Gasteiger partial charge in [0.05, 0.1) is 19.0 Å². The summed E-state index contributed by atoms with van der Waals surface area (Å²) in [6.45, 7) is 4.29. The number of nitrogens with zero attached hydrogens (tertiary/aromatic N) is 4. The van der Waals surface area contributed by atoms with Crippen molar-refractivity contribution in [3.8, 4) is 0 Å². The van der Waals surface area contributed by atoms with Gasteiger partial charge in [0.2, 0.25) is 5.91 Å². The molecule has 2 aliphatic rings. The van der Waals surface area contributed by atoms with Gasteiger partial charge < -0.3 is 9.32 Å². The third-order valence-corrected chi connectivity index (χ3v) is 4.90.